The maximum Gasteiger partial charge on any atom is 0.119 e. The van der Waals surface area contributed by atoms with Crippen molar-refractivity contribution in [3.63, 3.8) is 0 Å². The van der Waals surface area contributed by atoms with Crippen molar-refractivity contribution in [1.29, 1.82) is 5.26 Å². The van der Waals surface area contributed by atoms with E-state index < -0.39 is 0 Å². The molecule has 1 heterocycles. The molecule has 0 saturated carbocycles. The average Bonchev–Trinajstić information content (AvgIpc) is 2.95. The molecule has 1 rings (SSSR count). The number of nitriles is 1. The summed E-state index contributed by atoms with van der Waals surface area (Å²) in [5.41, 5.74) is 1.15. The molecule has 1 atom stereocenters. The Hall–Kier alpha value is -1.30. The number of unbranched alkanes of at least 4 members (excludes halogenated alkanes) is 8. The molecule has 0 aliphatic heterocycles. The Morgan fingerprint density at radius 1 is 1.05 bits per heavy atom. The minimum absolute atomic E-state index is 0.112. The molecular formula is C19H33N3. The van der Waals surface area contributed by atoms with E-state index in [0.29, 0.717) is 0 Å². The number of imidazole rings is 1. The number of aromatic nitrogens is 2. The zero-order valence-electron chi connectivity index (χ0n) is 14.8. The first-order valence-electron chi connectivity index (χ1n) is 9.19. The molecule has 0 N–H and O–H groups in total. The van der Waals surface area contributed by atoms with Gasteiger partial charge in [-0.3, -0.25) is 0 Å². The fraction of sp³-hybridized carbons (Fsp3) is 0.789. The first-order chi connectivity index (χ1) is 10.7. The van der Waals surface area contributed by atoms with Gasteiger partial charge in [0, 0.05) is 12.6 Å². The zero-order valence-corrected chi connectivity index (χ0v) is 14.8. The van der Waals surface area contributed by atoms with Gasteiger partial charge in [-0.15, -0.1) is 0 Å². The SMILES string of the molecule is CCCCCCCCCCCc1cn(C(C)C#N)c(CC)n1. The summed E-state index contributed by atoms with van der Waals surface area (Å²) in [5, 5.41) is 9.07. The van der Waals surface area contributed by atoms with Gasteiger partial charge in [-0.25, -0.2) is 4.98 Å². The van der Waals surface area contributed by atoms with Crippen molar-refractivity contribution in [2.75, 3.05) is 0 Å². The second-order valence-corrected chi connectivity index (χ2v) is 6.29. The third-order valence-electron chi connectivity index (χ3n) is 4.32. The Kier molecular flexibility index (Phi) is 9.62. The molecule has 3 heteroatoms. The lowest BCUT2D eigenvalue weighted by molar-refractivity contribution is 0.563. The van der Waals surface area contributed by atoms with E-state index in [4.69, 9.17) is 5.26 Å². The van der Waals surface area contributed by atoms with Gasteiger partial charge in [-0.1, -0.05) is 65.2 Å². The summed E-state index contributed by atoms with van der Waals surface area (Å²) in [7, 11) is 0. The first-order valence-corrected chi connectivity index (χ1v) is 9.19. The zero-order chi connectivity index (χ0) is 16.2. The highest BCUT2D eigenvalue weighted by atomic mass is 15.1. The number of nitrogens with zero attached hydrogens (tertiary/aromatic N) is 3. The monoisotopic (exact) mass is 303 g/mol. The van der Waals surface area contributed by atoms with Gasteiger partial charge in [0.2, 0.25) is 0 Å². The van der Waals surface area contributed by atoms with Gasteiger partial charge in [0.1, 0.15) is 11.9 Å². The summed E-state index contributed by atoms with van der Waals surface area (Å²) in [4.78, 5) is 4.68. The Morgan fingerprint density at radius 3 is 2.18 bits per heavy atom. The van der Waals surface area contributed by atoms with Gasteiger partial charge in [-0.2, -0.15) is 5.26 Å². The number of hydrogen-bond donors (Lipinski definition) is 0. The number of rotatable bonds is 12. The Balaban J connectivity index is 2.20. The van der Waals surface area contributed by atoms with Crippen molar-refractivity contribution < 1.29 is 0 Å². The number of aryl methyl sites for hydroxylation is 2. The lowest BCUT2D eigenvalue weighted by atomic mass is 10.1. The molecule has 0 fully saturated rings. The lowest BCUT2D eigenvalue weighted by Gasteiger charge is -2.06. The second-order valence-electron chi connectivity index (χ2n) is 6.29. The van der Waals surface area contributed by atoms with Crippen molar-refractivity contribution >= 4 is 0 Å². The predicted octanol–water partition coefficient (Wildman–Crippen LogP) is 5.60. The smallest absolute Gasteiger partial charge is 0.119 e. The summed E-state index contributed by atoms with van der Waals surface area (Å²) in [6.07, 6.45) is 16.2. The maximum absolute atomic E-state index is 9.07. The molecule has 0 bridgehead atoms. The Labute approximate surface area is 136 Å². The highest BCUT2D eigenvalue weighted by Crippen LogP contribution is 2.15. The van der Waals surface area contributed by atoms with Gasteiger partial charge < -0.3 is 4.57 Å². The van der Waals surface area contributed by atoms with Crippen molar-refractivity contribution in [2.45, 2.75) is 97.4 Å². The van der Waals surface area contributed by atoms with E-state index in [0.717, 1.165) is 24.4 Å². The normalized spacial score (nSPS) is 12.3. The topological polar surface area (TPSA) is 41.6 Å². The van der Waals surface area contributed by atoms with Crippen LogP contribution in [-0.2, 0) is 12.8 Å². The van der Waals surface area contributed by atoms with Crippen LogP contribution in [-0.4, -0.2) is 9.55 Å². The fourth-order valence-electron chi connectivity index (χ4n) is 2.88. The third kappa shape index (κ3) is 6.64. The summed E-state index contributed by atoms with van der Waals surface area (Å²) >= 11 is 0. The molecule has 0 spiro atoms. The standard InChI is InChI=1S/C19H33N3/c1-4-6-7-8-9-10-11-12-13-14-18-16-22(17(3)15-20)19(5-2)21-18/h16-17H,4-14H2,1-3H3. The van der Waals surface area contributed by atoms with Crippen LogP contribution in [0.25, 0.3) is 0 Å². The highest BCUT2D eigenvalue weighted by Gasteiger charge is 2.11. The van der Waals surface area contributed by atoms with E-state index >= 15 is 0 Å². The molecule has 0 saturated heterocycles. The van der Waals surface area contributed by atoms with Crippen LogP contribution in [0.1, 0.15) is 96.1 Å². The molecule has 0 aliphatic rings. The Morgan fingerprint density at radius 2 is 1.64 bits per heavy atom. The van der Waals surface area contributed by atoms with Crippen molar-refractivity contribution in [3.8, 4) is 6.07 Å². The van der Waals surface area contributed by atoms with Crippen LogP contribution < -0.4 is 0 Å². The van der Waals surface area contributed by atoms with E-state index in [-0.39, 0.29) is 6.04 Å². The predicted molar refractivity (Wildman–Crippen MR) is 92.9 cm³/mol. The van der Waals surface area contributed by atoms with E-state index in [9.17, 15) is 0 Å². The minimum Gasteiger partial charge on any atom is -0.318 e. The van der Waals surface area contributed by atoms with Crippen LogP contribution in [0.5, 0.6) is 0 Å². The van der Waals surface area contributed by atoms with Gasteiger partial charge in [0.25, 0.3) is 0 Å². The number of hydrogen-bond acceptors (Lipinski definition) is 2. The average molecular weight is 303 g/mol. The van der Waals surface area contributed by atoms with Crippen LogP contribution in [0.15, 0.2) is 6.20 Å². The summed E-state index contributed by atoms with van der Waals surface area (Å²) in [6.45, 7) is 6.30. The quantitative estimate of drug-likeness (QED) is 0.471. The molecule has 124 valence electrons. The molecule has 1 aromatic rings. The Bertz CT molecular complexity index is 442. The van der Waals surface area contributed by atoms with E-state index in [1.54, 1.807) is 0 Å². The van der Waals surface area contributed by atoms with Crippen LogP contribution >= 0.6 is 0 Å². The molecule has 1 aromatic heterocycles. The molecule has 0 aromatic carbocycles. The van der Waals surface area contributed by atoms with Crippen LogP contribution in [0.4, 0.5) is 0 Å². The minimum atomic E-state index is -0.112. The molecular weight excluding hydrogens is 270 g/mol. The van der Waals surface area contributed by atoms with E-state index in [1.807, 2.05) is 11.5 Å². The largest absolute Gasteiger partial charge is 0.318 e. The molecule has 3 nitrogen and oxygen atoms in total. The van der Waals surface area contributed by atoms with Gasteiger partial charge >= 0.3 is 0 Å². The highest BCUT2D eigenvalue weighted by molar-refractivity contribution is 5.08. The first kappa shape index (κ1) is 18.7. The molecule has 0 radical (unpaired) electrons. The van der Waals surface area contributed by atoms with Crippen LogP contribution in [0.3, 0.4) is 0 Å². The third-order valence-corrected chi connectivity index (χ3v) is 4.32. The van der Waals surface area contributed by atoms with Crippen molar-refractivity contribution in [1.82, 2.24) is 9.55 Å². The van der Waals surface area contributed by atoms with Crippen LogP contribution in [0.2, 0.25) is 0 Å². The van der Waals surface area contributed by atoms with E-state index in [1.165, 1.54) is 57.8 Å². The van der Waals surface area contributed by atoms with Gasteiger partial charge in [0.15, 0.2) is 0 Å². The summed E-state index contributed by atoms with van der Waals surface area (Å²) in [6, 6.07) is 2.19. The van der Waals surface area contributed by atoms with Crippen LogP contribution in [0, 0.1) is 11.3 Å². The molecule has 0 aliphatic carbocycles. The maximum atomic E-state index is 9.07. The summed E-state index contributed by atoms with van der Waals surface area (Å²) in [5.74, 6) is 1.04. The summed E-state index contributed by atoms with van der Waals surface area (Å²) < 4.78 is 2.03. The molecule has 0 amide bonds. The van der Waals surface area contributed by atoms with E-state index in [2.05, 4.69) is 31.1 Å². The van der Waals surface area contributed by atoms with Crippen molar-refractivity contribution in [2.24, 2.45) is 0 Å². The van der Waals surface area contributed by atoms with Gasteiger partial charge in [-0.05, 0) is 19.8 Å². The lowest BCUT2D eigenvalue weighted by Crippen LogP contribution is -2.05. The fourth-order valence-corrected chi connectivity index (χ4v) is 2.88. The van der Waals surface area contributed by atoms with Gasteiger partial charge in [0.05, 0.1) is 11.8 Å². The van der Waals surface area contributed by atoms with Crippen molar-refractivity contribution in [3.05, 3.63) is 17.7 Å². The molecule has 22 heavy (non-hydrogen) atoms. The molecule has 1 unspecified atom stereocenters. The second kappa shape index (κ2) is 11.3.